The summed E-state index contributed by atoms with van der Waals surface area (Å²) in [5, 5.41) is 8.50. The fourth-order valence-corrected chi connectivity index (χ4v) is 3.64. The van der Waals surface area contributed by atoms with Gasteiger partial charge in [0.25, 0.3) is 0 Å². The van der Waals surface area contributed by atoms with E-state index in [0.29, 0.717) is 0 Å². The van der Waals surface area contributed by atoms with Gasteiger partial charge in [-0.3, -0.25) is 14.9 Å². The molecule has 2 aliphatic heterocycles. The van der Waals surface area contributed by atoms with E-state index < -0.39 is 6.04 Å². The number of thioether (sulfide) groups is 1. The van der Waals surface area contributed by atoms with Crippen molar-refractivity contribution in [1.82, 2.24) is 16.0 Å². The summed E-state index contributed by atoms with van der Waals surface area (Å²) in [6.07, 6.45) is 0.770. The molecule has 0 radical (unpaired) electrons. The van der Waals surface area contributed by atoms with Crippen LogP contribution in [-0.4, -0.2) is 36.7 Å². The monoisotopic (exact) mass is 309 g/mol. The molecule has 0 aliphatic carbocycles. The number of carbonyl (C=O) groups is 2. The van der Waals surface area contributed by atoms with Crippen molar-refractivity contribution in [2.24, 2.45) is 0 Å². The average Bonchev–Trinajstić information content (AvgIpc) is 2.48. The molecule has 1 saturated heterocycles. The van der Waals surface area contributed by atoms with Crippen LogP contribution in [0.25, 0.3) is 0 Å². The Balaban J connectivity index is 1.70. The van der Waals surface area contributed by atoms with E-state index in [1.807, 2.05) is 0 Å². The van der Waals surface area contributed by atoms with Gasteiger partial charge in [0.15, 0.2) is 0 Å². The molecule has 2 amide bonds. The standard InChI is InChI=1S/C14H16FN3O2S/c15-8-1-2-12-9(5-8)10(3-4-21-12)18-14(20)11-6-17-13(19)7-16-11/h1-2,5,10-11,16H,3-4,6-7H2,(H,17,19)(H,18,20). The summed E-state index contributed by atoms with van der Waals surface area (Å²) in [5.74, 6) is 0.319. The van der Waals surface area contributed by atoms with Gasteiger partial charge in [-0.05, 0) is 30.2 Å². The zero-order chi connectivity index (χ0) is 14.8. The van der Waals surface area contributed by atoms with Gasteiger partial charge < -0.3 is 10.6 Å². The average molecular weight is 309 g/mol. The van der Waals surface area contributed by atoms with Crippen molar-refractivity contribution in [2.45, 2.75) is 23.4 Å². The van der Waals surface area contributed by atoms with Gasteiger partial charge in [0.1, 0.15) is 11.9 Å². The molecule has 2 unspecified atom stereocenters. The Morgan fingerprint density at radius 1 is 1.43 bits per heavy atom. The van der Waals surface area contributed by atoms with Crippen LogP contribution in [0.1, 0.15) is 18.0 Å². The molecule has 1 fully saturated rings. The second kappa shape index (κ2) is 6.03. The summed E-state index contributed by atoms with van der Waals surface area (Å²) < 4.78 is 13.4. The van der Waals surface area contributed by atoms with Crippen molar-refractivity contribution in [2.75, 3.05) is 18.8 Å². The third-order valence-corrected chi connectivity index (χ3v) is 4.78. The van der Waals surface area contributed by atoms with E-state index >= 15 is 0 Å². The van der Waals surface area contributed by atoms with Crippen molar-refractivity contribution >= 4 is 23.6 Å². The maximum atomic E-state index is 13.4. The molecule has 21 heavy (non-hydrogen) atoms. The molecule has 2 atom stereocenters. The third kappa shape index (κ3) is 3.19. The molecule has 112 valence electrons. The number of halogens is 1. The Bertz CT molecular complexity index is 571. The number of hydrogen-bond acceptors (Lipinski definition) is 4. The highest BCUT2D eigenvalue weighted by molar-refractivity contribution is 7.99. The van der Waals surface area contributed by atoms with Gasteiger partial charge in [0, 0.05) is 17.2 Å². The minimum absolute atomic E-state index is 0.111. The van der Waals surface area contributed by atoms with E-state index in [2.05, 4.69) is 16.0 Å². The van der Waals surface area contributed by atoms with Crippen molar-refractivity contribution in [3.05, 3.63) is 29.6 Å². The summed E-state index contributed by atoms with van der Waals surface area (Å²) in [6, 6.07) is 4.07. The van der Waals surface area contributed by atoms with Crippen LogP contribution >= 0.6 is 11.8 Å². The molecular formula is C14H16FN3O2S. The van der Waals surface area contributed by atoms with E-state index in [1.165, 1.54) is 12.1 Å². The Labute approximate surface area is 126 Å². The smallest absolute Gasteiger partial charge is 0.239 e. The SMILES string of the molecule is O=C1CNC(C(=O)NC2CCSc3ccc(F)cc32)CN1. The van der Waals surface area contributed by atoms with Crippen molar-refractivity contribution < 1.29 is 14.0 Å². The second-order valence-electron chi connectivity index (χ2n) is 5.12. The lowest BCUT2D eigenvalue weighted by atomic mass is 10.0. The molecule has 5 nitrogen and oxygen atoms in total. The third-order valence-electron chi connectivity index (χ3n) is 3.66. The molecular weight excluding hydrogens is 293 g/mol. The molecule has 1 aromatic rings. The number of benzene rings is 1. The number of nitrogens with one attached hydrogen (secondary N) is 3. The molecule has 0 saturated carbocycles. The summed E-state index contributed by atoms with van der Waals surface area (Å²) >= 11 is 1.67. The Hall–Kier alpha value is -1.60. The minimum atomic E-state index is -0.436. The number of fused-ring (bicyclic) bond motifs is 1. The van der Waals surface area contributed by atoms with Gasteiger partial charge in [0.2, 0.25) is 11.8 Å². The highest BCUT2D eigenvalue weighted by atomic mass is 32.2. The quantitative estimate of drug-likeness (QED) is 0.747. The molecule has 2 aliphatic rings. The molecule has 0 spiro atoms. The zero-order valence-electron chi connectivity index (χ0n) is 11.3. The molecule has 0 bridgehead atoms. The Morgan fingerprint density at radius 2 is 2.29 bits per heavy atom. The largest absolute Gasteiger partial charge is 0.353 e. The first-order valence-electron chi connectivity index (χ1n) is 6.86. The maximum absolute atomic E-state index is 13.4. The van der Waals surface area contributed by atoms with E-state index in [1.54, 1.807) is 17.8 Å². The van der Waals surface area contributed by atoms with E-state index in [0.717, 1.165) is 22.6 Å². The highest BCUT2D eigenvalue weighted by Crippen LogP contribution is 2.36. The van der Waals surface area contributed by atoms with Gasteiger partial charge >= 0.3 is 0 Å². The van der Waals surface area contributed by atoms with E-state index in [4.69, 9.17) is 0 Å². The topological polar surface area (TPSA) is 70.2 Å². The van der Waals surface area contributed by atoms with E-state index in [9.17, 15) is 14.0 Å². The number of hydrogen-bond donors (Lipinski definition) is 3. The summed E-state index contributed by atoms with van der Waals surface area (Å²) in [6.45, 7) is 0.423. The molecule has 2 heterocycles. The van der Waals surface area contributed by atoms with Crippen LogP contribution in [0.4, 0.5) is 4.39 Å². The van der Waals surface area contributed by atoms with Crippen molar-refractivity contribution in [3.63, 3.8) is 0 Å². The maximum Gasteiger partial charge on any atom is 0.239 e. The van der Waals surface area contributed by atoms with Crippen LogP contribution in [-0.2, 0) is 9.59 Å². The second-order valence-corrected chi connectivity index (χ2v) is 6.25. The fraction of sp³-hybridized carbons (Fsp3) is 0.429. The lowest BCUT2D eigenvalue weighted by molar-refractivity contribution is -0.127. The molecule has 1 aromatic carbocycles. The van der Waals surface area contributed by atoms with Gasteiger partial charge in [-0.15, -0.1) is 11.8 Å². The predicted octanol–water partition coefficient (Wildman–Crippen LogP) is 0.567. The van der Waals surface area contributed by atoms with Crippen molar-refractivity contribution in [3.8, 4) is 0 Å². The normalized spacial score (nSPS) is 24.9. The number of rotatable bonds is 2. The molecule has 0 aromatic heterocycles. The minimum Gasteiger partial charge on any atom is -0.353 e. The number of carbonyl (C=O) groups excluding carboxylic acids is 2. The van der Waals surface area contributed by atoms with Gasteiger partial charge in [-0.2, -0.15) is 0 Å². The van der Waals surface area contributed by atoms with Crippen molar-refractivity contribution in [1.29, 1.82) is 0 Å². The first-order chi connectivity index (χ1) is 10.1. The van der Waals surface area contributed by atoms with Gasteiger partial charge in [0.05, 0.1) is 12.6 Å². The summed E-state index contributed by atoms with van der Waals surface area (Å²) in [5.41, 5.74) is 0.833. The Kier molecular flexibility index (Phi) is 4.12. The Morgan fingerprint density at radius 3 is 3.05 bits per heavy atom. The van der Waals surface area contributed by atoms with Crippen LogP contribution in [0.15, 0.2) is 23.1 Å². The van der Waals surface area contributed by atoms with Crippen LogP contribution in [0, 0.1) is 5.82 Å². The predicted molar refractivity (Wildman–Crippen MR) is 77.4 cm³/mol. The van der Waals surface area contributed by atoms with Crippen LogP contribution in [0.3, 0.4) is 0 Å². The first-order valence-corrected chi connectivity index (χ1v) is 7.85. The zero-order valence-corrected chi connectivity index (χ0v) is 12.1. The van der Waals surface area contributed by atoms with Gasteiger partial charge in [-0.25, -0.2) is 4.39 Å². The lowest BCUT2D eigenvalue weighted by Crippen LogP contribution is -2.58. The van der Waals surface area contributed by atoms with Crippen LogP contribution in [0.5, 0.6) is 0 Å². The fourth-order valence-electron chi connectivity index (χ4n) is 2.54. The van der Waals surface area contributed by atoms with E-state index in [-0.39, 0.29) is 36.8 Å². The molecule has 3 N–H and O–H groups in total. The highest BCUT2D eigenvalue weighted by Gasteiger charge is 2.28. The summed E-state index contributed by atoms with van der Waals surface area (Å²) in [7, 11) is 0. The number of amides is 2. The van der Waals surface area contributed by atoms with Crippen LogP contribution < -0.4 is 16.0 Å². The van der Waals surface area contributed by atoms with Gasteiger partial charge in [-0.1, -0.05) is 0 Å². The first kappa shape index (κ1) is 14.3. The molecule has 7 heteroatoms. The number of piperazine rings is 1. The lowest BCUT2D eigenvalue weighted by Gasteiger charge is -2.29. The molecule has 3 rings (SSSR count). The van der Waals surface area contributed by atoms with Crippen LogP contribution in [0.2, 0.25) is 0 Å². The summed E-state index contributed by atoms with van der Waals surface area (Å²) in [4.78, 5) is 24.3.